The molecular weight excluding hydrogens is 252 g/mol. The number of rotatable bonds is 6. The van der Waals surface area contributed by atoms with Crippen LogP contribution in [0.15, 0.2) is 41.0 Å². The summed E-state index contributed by atoms with van der Waals surface area (Å²) in [5, 5.41) is 8.99. The van der Waals surface area contributed by atoms with Crippen LogP contribution in [0.3, 0.4) is 0 Å². The number of furan rings is 1. The molecule has 4 nitrogen and oxygen atoms in total. The number of ether oxygens (including phenoxy) is 1. The third-order valence-electron chi connectivity index (χ3n) is 3.20. The zero-order chi connectivity index (χ0) is 14.4. The Hall–Kier alpha value is -2.25. The Morgan fingerprint density at radius 2 is 2.15 bits per heavy atom. The van der Waals surface area contributed by atoms with Crippen LogP contribution >= 0.6 is 0 Å². The summed E-state index contributed by atoms with van der Waals surface area (Å²) in [6.45, 7) is 4.60. The van der Waals surface area contributed by atoms with Crippen LogP contribution in [0.25, 0.3) is 0 Å². The first-order valence-corrected chi connectivity index (χ1v) is 6.58. The Labute approximate surface area is 119 Å². The summed E-state index contributed by atoms with van der Waals surface area (Å²) in [4.78, 5) is 2.26. The van der Waals surface area contributed by atoms with Crippen LogP contribution in [0, 0.1) is 11.3 Å². The predicted molar refractivity (Wildman–Crippen MR) is 76.2 cm³/mol. The molecule has 1 aromatic carbocycles. The van der Waals surface area contributed by atoms with Crippen molar-refractivity contribution in [1.82, 2.24) is 4.90 Å². The molecule has 0 atom stereocenters. The van der Waals surface area contributed by atoms with E-state index >= 15 is 0 Å². The average molecular weight is 270 g/mol. The smallest absolute Gasteiger partial charge is 0.136 e. The molecular formula is C16H18N2O2. The normalized spacial score (nSPS) is 10.5. The number of hydrogen-bond donors (Lipinski definition) is 0. The topological polar surface area (TPSA) is 49.4 Å². The number of hydrogen-bond acceptors (Lipinski definition) is 4. The highest BCUT2D eigenvalue weighted by molar-refractivity contribution is 5.45. The van der Waals surface area contributed by atoms with E-state index in [0.29, 0.717) is 11.3 Å². The fraction of sp³-hybridized carbons (Fsp3) is 0.312. The van der Waals surface area contributed by atoms with Gasteiger partial charge in [-0.1, -0.05) is 13.0 Å². The fourth-order valence-corrected chi connectivity index (χ4v) is 2.09. The lowest BCUT2D eigenvalue weighted by molar-refractivity contribution is 0.247. The highest BCUT2D eigenvalue weighted by atomic mass is 16.5. The van der Waals surface area contributed by atoms with Gasteiger partial charge in [-0.05, 0) is 36.4 Å². The van der Waals surface area contributed by atoms with Crippen LogP contribution in [0.5, 0.6) is 5.75 Å². The van der Waals surface area contributed by atoms with Crippen molar-refractivity contribution in [2.24, 2.45) is 0 Å². The van der Waals surface area contributed by atoms with Crippen molar-refractivity contribution < 1.29 is 9.15 Å². The molecule has 0 spiro atoms. The van der Waals surface area contributed by atoms with Crippen LogP contribution < -0.4 is 4.74 Å². The molecule has 0 aliphatic heterocycles. The van der Waals surface area contributed by atoms with Crippen LogP contribution in [0.4, 0.5) is 0 Å². The van der Waals surface area contributed by atoms with E-state index in [1.807, 2.05) is 24.3 Å². The molecule has 0 aliphatic carbocycles. The lowest BCUT2D eigenvalue weighted by Gasteiger charge is -2.19. The van der Waals surface area contributed by atoms with E-state index in [4.69, 9.17) is 14.4 Å². The third-order valence-corrected chi connectivity index (χ3v) is 3.20. The Balaban J connectivity index is 2.09. The molecule has 0 fully saturated rings. The largest absolute Gasteiger partial charge is 0.495 e. The van der Waals surface area contributed by atoms with Crippen LogP contribution in [0.1, 0.15) is 23.8 Å². The quantitative estimate of drug-likeness (QED) is 0.809. The van der Waals surface area contributed by atoms with Gasteiger partial charge in [0.05, 0.1) is 25.5 Å². The molecule has 0 bridgehead atoms. The van der Waals surface area contributed by atoms with Gasteiger partial charge in [0, 0.05) is 6.54 Å². The van der Waals surface area contributed by atoms with Crippen LogP contribution in [-0.2, 0) is 13.1 Å². The lowest BCUT2D eigenvalue weighted by atomic mass is 10.1. The summed E-state index contributed by atoms with van der Waals surface area (Å²) < 4.78 is 10.6. The van der Waals surface area contributed by atoms with E-state index in [-0.39, 0.29) is 0 Å². The monoisotopic (exact) mass is 270 g/mol. The molecule has 1 heterocycles. The molecule has 0 N–H and O–H groups in total. The SMILES string of the molecule is CCN(Cc1ccc(C#N)c(OC)c1)Cc1ccco1. The molecule has 2 rings (SSSR count). The van der Waals surface area contributed by atoms with E-state index in [1.165, 1.54) is 0 Å². The van der Waals surface area contributed by atoms with Gasteiger partial charge < -0.3 is 9.15 Å². The van der Waals surface area contributed by atoms with Crippen molar-refractivity contribution in [1.29, 1.82) is 5.26 Å². The van der Waals surface area contributed by atoms with Crippen molar-refractivity contribution in [2.75, 3.05) is 13.7 Å². The summed E-state index contributed by atoms with van der Waals surface area (Å²) in [6.07, 6.45) is 1.69. The molecule has 4 heteroatoms. The van der Waals surface area contributed by atoms with Crippen molar-refractivity contribution >= 4 is 0 Å². The maximum absolute atomic E-state index is 8.99. The second-order valence-corrected chi connectivity index (χ2v) is 4.53. The zero-order valence-corrected chi connectivity index (χ0v) is 11.8. The maximum atomic E-state index is 8.99. The second kappa shape index (κ2) is 6.78. The van der Waals surface area contributed by atoms with Crippen LogP contribution in [-0.4, -0.2) is 18.6 Å². The standard InChI is InChI=1S/C16H18N2O2/c1-3-18(12-15-5-4-8-20-15)11-13-6-7-14(10-17)16(9-13)19-2/h4-9H,3,11-12H2,1-2H3. The minimum absolute atomic E-state index is 0.560. The summed E-state index contributed by atoms with van der Waals surface area (Å²) >= 11 is 0. The van der Waals surface area contributed by atoms with Gasteiger partial charge >= 0.3 is 0 Å². The first-order valence-electron chi connectivity index (χ1n) is 6.58. The molecule has 0 unspecified atom stereocenters. The van der Waals surface area contributed by atoms with E-state index in [2.05, 4.69) is 17.9 Å². The van der Waals surface area contributed by atoms with Gasteiger partial charge in [0.1, 0.15) is 17.6 Å². The second-order valence-electron chi connectivity index (χ2n) is 4.53. The molecule has 0 radical (unpaired) electrons. The Morgan fingerprint density at radius 3 is 2.75 bits per heavy atom. The van der Waals surface area contributed by atoms with Gasteiger partial charge in [0.2, 0.25) is 0 Å². The Bertz CT molecular complexity index is 585. The third kappa shape index (κ3) is 3.40. The van der Waals surface area contributed by atoms with Crippen molar-refractivity contribution in [2.45, 2.75) is 20.0 Å². The Kier molecular flexibility index (Phi) is 4.80. The van der Waals surface area contributed by atoms with Crippen molar-refractivity contribution in [3.05, 3.63) is 53.5 Å². The maximum Gasteiger partial charge on any atom is 0.136 e. The molecule has 104 valence electrons. The van der Waals surface area contributed by atoms with Gasteiger partial charge in [-0.15, -0.1) is 0 Å². The fourth-order valence-electron chi connectivity index (χ4n) is 2.09. The lowest BCUT2D eigenvalue weighted by Crippen LogP contribution is -2.22. The molecule has 0 aliphatic rings. The van der Waals surface area contributed by atoms with Crippen molar-refractivity contribution in [3.63, 3.8) is 0 Å². The van der Waals surface area contributed by atoms with Gasteiger partial charge in [0.15, 0.2) is 0 Å². The van der Waals surface area contributed by atoms with Gasteiger partial charge in [0.25, 0.3) is 0 Å². The summed E-state index contributed by atoms with van der Waals surface area (Å²) in [6, 6.07) is 11.7. The number of nitriles is 1. The van der Waals surface area contributed by atoms with Crippen molar-refractivity contribution in [3.8, 4) is 11.8 Å². The van der Waals surface area contributed by atoms with Gasteiger partial charge in [-0.25, -0.2) is 0 Å². The number of methoxy groups -OCH3 is 1. The first kappa shape index (κ1) is 14.2. The minimum atomic E-state index is 0.560. The average Bonchev–Trinajstić information content (AvgIpc) is 2.99. The van der Waals surface area contributed by atoms with E-state index in [0.717, 1.165) is 31.0 Å². The molecule has 0 saturated carbocycles. The van der Waals surface area contributed by atoms with E-state index in [1.54, 1.807) is 19.4 Å². The molecule has 0 saturated heterocycles. The highest BCUT2D eigenvalue weighted by Crippen LogP contribution is 2.20. The zero-order valence-electron chi connectivity index (χ0n) is 11.8. The molecule has 2 aromatic rings. The Morgan fingerprint density at radius 1 is 1.30 bits per heavy atom. The number of benzene rings is 1. The summed E-state index contributed by atoms with van der Waals surface area (Å²) in [7, 11) is 1.58. The van der Waals surface area contributed by atoms with E-state index in [9.17, 15) is 0 Å². The highest BCUT2D eigenvalue weighted by Gasteiger charge is 2.09. The summed E-state index contributed by atoms with van der Waals surface area (Å²) in [5.41, 5.74) is 1.68. The minimum Gasteiger partial charge on any atom is -0.495 e. The number of nitrogens with zero attached hydrogens (tertiary/aromatic N) is 2. The molecule has 0 amide bonds. The van der Waals surface area contributed by atoms with Gasteiger partial charge in [-0.2, -0.15) is 5.26 Å². The van der Waals surface area contributed by atoms with E-state index < -0.39 is 0 Å². The molecule has 1 aromatic heterocycles. The first-order chi connectivity index (χ1) is 9.76. The van der Waals surface area contributed by atoms with Crippen LogP contribution in [0.2, 0.25) is 0 Å². The van der Waals surface area contributed by atoms with Gasteiger partial charge in [-0.3, -0.25) is 4.90 Å². The summed E-state index contributed by atoms with van der Waals surface area (Å²) in [5.74, 6) is 1.58. The predicted octanol–water partition coefficient (Wildman–Crippen LogP) is 3.18. The molecule has 20 heavy (non-hydrogen) atoms.